The quantitative estimate of drug-likeness (QED) is 0.543. The third kappa shape index (κ3) is 5.37. The van der Waals surface area contributed by atoms with E-state index in [-0.39, 0.29) is 12.5 Å². The lowest BCUT2D eigenvalue weighted by Gasteiger charge is -2.31. The normalized spacial score (nSPS) is 22.3. The number of rotatable bonds is 7. The van der Waals surface area contributed by atoms with Crippen LogP contribution in [0, 0.1) is 0 Å². The summed E-state index contributed by atoms with van der Waals surface area (Å²) in [5, 5.41) is 12.1. The number of nitrogens with two attached hydrogens (primary N) is 1. The lowest BCUT2D eigenvalue weighted by molar-refractivity contribution is -0.142. The number of primary amides is 1. The van der Waals surface area contributed by atoms with Gasteiger partial charge in [0.1, 0.15) is 24.7 Å². The molecule has 174 valence electrons. The first-order valence-corrected chi connectivity index (χ1v) is 10.8. The van der Waals surface area contributed by atoms with E-state index in [4.69, 9.17) is 10.5 Å². The lowest BCUT2D eigenvalue weighted by Crippen LogP contribution is -2.57. The van der Waals surface area contributed by atoms with Crippen LogP contribution in [0.4, 0.5) is 4.79 Å². The SMILES string of the molecule is C[C@@H](O)[C@H](NC(=O)[C@H]1CCCN1C(=O)[C@@H]1CCCN1C(=O)OCc1ccccc1)C(N)=O. The molecule has 2 aliphatic rings. The highest BCUT2D eigenvalue weighted by Gasteiger charge is 2.43. The van der Waals surface area contributed by atoms with Gasteiger partial charge in [-0.3, -0.25) is 19.3 Å². The molecular weight excluding hydrogens is 416 g/mol. The van der Waals surface area contributed by atoms with Crippen LogP contribution in [-0.2, 0) is 25.7 Å². The topological polar surface area (TPSA) is 142 Å². The molecule has 2 heterocycles. The Hall–Kier alpha value is -3.14. The Bertz CT molecular complexity index is 846. The van der Waals surface area contributed by atoms with Gasteiger partial charge >= 0.3 is 6.09 Å². The van der Waals surface area contributed by atoms with Gasteiger partial charge in [-0.1, -0.05) is 30.3 Å². The van der Waals surface area contributed by atoms with Crippen molar-refractivity contribution in [2.24, 2.45) is 5.73 Å². The molecule has 1 aromatic carbocycles. The van der Waals surface area contributed by atoms with E-state index in [1.165, 1.54) is 16.7 Å². The van der Waals surface area contributed by atoms with Crippen LogP contribution in [0.1, 0.15) is 38.2 Å². The first-order chi connectivity index (χ1) is 15.3. The van der Waals surface area contributed by atoms with Crippen molar-refractivity contribution in [3.05, 3.63) is 35.9 Å². The lowest BCUT2D eigenvalue weighted by atomic mass is 10.1. The van der Waals surface area contributed by atoms with Crippen molar-refractivity contribution >= 4 is 23.8 Å². The minimum Gasteiger partial charge on any atom is -0.445 e. The predicted molar refractivity (Wildman–Crippen MR) is 114 cm³/mol. The molecule has 0 saturated carbocycles. The van der Waals surface area contributed by atoms with E-state index in [1.807, 2.05) is 30.3 Å². The van der Waals surface area contributed by atoms with Crippen LogP contribution in [0.25, 0.3) is 0 Å². The van der Waals surface area contributed by atoms with Crippen LogP contribution < -0.4 is 11.1 Å². The van der Waals surface area contributed by atoms with E-state index in [9.17, 15) is 24.3 Å². The average Bonchev–Trinajstić information content (AvgIpc) is 3.45. The standard InChI is InChI=1S/C22H30N4O6/c1-14(27)18(19(23)28)24-20(29)16-9-5-11-25(16)21(30)17-10-6-12-26(17)22(31)32-13-15-7-3-2-4-8-15/h2-4,7-8,14,16-18,27H,5-6,9-13H2,1H3,(H2,23,28)(H,24,29)/t14-,16-,17+,18+/m1/s1. The van der Waals surface area contributed by atoms with Gasteiger partial charge in [0.25, 0.3) is 0 Å². The molecule has 4 amide bonds. The van der Waals surface area contributed by atoms with Crippen molar-refractivity contribution in [3.63, 3.8) is 0 Å². The van der Waals surface area contributed by atoms with E-state index in [1.54, 1.807) is 0 Å². The van der Waals surface area contributed by atoms with Gasteiger partial charge in [-0.25, -0.2) is 4.79 Å². The van der Waals surface area contributed by atoms with Gasteiger partial charge in [-0.2, -0.15) is 0 Å². The van der Waals surface area contributed by atoms with Crippen LogP contribution in [-0.4, -0.2) is 76.0 Å². The number of aliphatic hydroxyl groups is 1. The fourth-order valence-electron chi connectivity index (χ4n) is 4.22. The summed E-state index contributed by atoms with van der Waals surface area (Å²) in [6.45, 7) is 2.24. The van der Waals surface area contributed by atoms with E-state index < -0.39 is 42.1 Å². The average molecular weight is 447 g/mol. The Labute approximate surface area is 186 Å². The number of nitrogens with zero attached hydrogens (tertiary/aromatic N) is 2. The molecular formula is C22H30N4O6. The van der Waals surface area contributed by atoms with E-state index in [0.717, 1.165) is 5.56 Å². The smallest absolute Gasteiger partial charge is 0.410 e. The van der Waals surface area contributed by atoms with Crippen LogP contribution in [0.15, 0.2) is 30.3 Å². The minimum atomic E-state index is -1.24. The summed E-state index contributed by atoms with van der Waals surface area (Å²) < 4.78 is 5.39. The largest absolute Gasteiger partial charge is 0.445 e. The number of hydrogen-bond acceptors (Lipinski definition) is 6. The van der Waals surface area contributed by atoms with E-state index >= 15 is 0 Å². The molecule has 2 saturated heterocycles. The summed E-state index contributed by atoms with van der Waals surface area (Å²) in [5.41, 5.74) is 6.10. The van der Waals surface area contributed by atoms with Gasteiger partial charge in [0.15, 0.2) is 0 Å². The molecule has 3 rings (SSSR count). The summed E-state index contributed by atoms with van der Waals surface area (Å²) in [4.78, 5) is 53.0. The number of amides is 4. The van der Waals surface area contributed by atoms with Gasteiger partial charge in [0.05, 0.1) is 6.10 Å². The zero-order valence-corrected chi connectivity index (χ0v) is 18.1. The molecule has 4 N–H and O–H groups in total. The maximum absolute atomic E-state index is 13.3. The van der Waals surface area contributed by atoms with Crippen LogP contribution in [0.5, 0.6) is 0 Å². The van der Waals surface area contributed by atoms with Gasteiger partial charge in [-0.05, 0) is 38.2 Å². The molecule has 0 aliphatic carbocycles. The first-order valence-electron chi connectivity index (χ1n) is 10.8. The Morgan fingerprint density at radius 3 is 2.34 bits per heavy atom. The summed E-state index contributed by atoms with van der Waals surface area (Å²) in [6.07, 6.45) is 0.466. The predicted octanol–water partition coefficient (Wildman–Crippen LogP) is 0.130. The summed E-state index contributed by atoms with van der Waals surface area (Å²) in [7, 11) is 0. The number of hydrogen-bond donors (Lipinski definition) is 3. The van der Waals surface area contributed by atoms with Crippen LogP contribution >= 0.6 is 0 Å². The maximum atomic E-state index is 13.3. The number of carbonyl (C=O) groups excluding carboxylic acids is 4. The van der Waals surface area contributed by atoms with Gasteiger partial charge in [0.2, 0.25) is 17.7 Å². The Morgan fingerprint density at radius 2 is 1.72 bits per heavy atom. The summed E-state index contributed by atoms with van der Waals surface area (Å²) in [6, 6.07) is 6.54. The summed E-state index contributed by atoms with van der Waals surface area (Å²) in [5.74, 6) is -1.71. The molecule has 0 spiro atoms. The van der Waals surface area contributed by atoms with Crippen molar-refractivity contribution in [2.75, 3.05) is 13.1 Å². The second kappa shape index (κ2) is 10.4. The first kappa shape index (κ1) is 23.5. The zero-order valence-electron chi connectivity index (χ0n) is 18.1. The van der Waals surface area contributed by atoms with Gasteiger partial charge in [0, 0.05) is 13.1 Å². The van der Waals surface area contributed by atoms with Crippen molar-refractivity contribution in [1.29, 1.82) is 0 Å². The molecule has 0 bridgehead atoms. The Morgan fingerprint density at radius 1 is 1.09 bits per heavy atom. The molecule has 4 atom stereocenters. The molecule has 2 fully saturated rings. The number of likely N-dealkylation sites (tertiary alicyclic amines) is 2. The molecule has 1 aromatic rings. The number of aliphatic hydroxyl groups excluding tert-OH is 1. The monoisotopic (exact) mass is 446 g/mol. The van der Waals surface area contributed by atoms with Gasteiger partial charge in [-0.15, -0.1) is 0 Å². The van der Waals surface area contributed by atoms with Crippen molar-refractivity contribution in [3.8, 4) is 0 Å². The van der Waals surface area contributed by atoms with E-state index in [2.05, 4.69) is 5.32 Å². The summed E-state index contributed by atoms with van der Waals surface area (Å²) >= 11 is 0. The molecule has 10 nitrogen and oxygen atoms in total. The molecule has 2 aliphatic heterocycles. The van der Waals surface area contributed by atoms with Crippen molar-refractivity contribution in [1.82, 2.24) is 15.1 Å². The fourth-order valence-corrected chi connectivity index (χ4v) is 4.22. The third-order valence-electron chi connectivity index (χ3n) is 5.90. The molecule has 0 unspecified atom stereocenters. The zero-order chi connectivity index (χ0) is 23.3. The Kier molecular flexibility index (Phi) is 7.68. The second-order valence-corrected chi connectivity index (χ2v) is 8.21. The highest BCUT2D eigenvalue weighted by Crippen LogP contribution is 2.26. The fraction of sp³-hybridized carbons (Fsp3) is 0.545. The van der Waals surface area contributed by atoms with E-state index in [0.29, 0.717) is 38.8 Å². The number of ether oxygens (including phenoxy) is 1. The second-order valence-electron chi connectivity index (χ2n) is 8.21. The highest BCUT2D eigenvalue weighted by atomic mass is 16.6. The van der Waals surface area contributed by atoms with Crippen molar-refractivity contribution < 1.29 is 29.0 Å². The third-order valence-corrected chi connectivity index (χ3v) is 5.90. The molecule has 32 heavy (non-hydrogen) atoms. The highest BCUT2D eigenvalue weighted by molar-refractivity contribution is 5.94. The van der Waals surface area contributed by atoms with Crippen LogP contribution in [0.2, 0.25) is 0 Å². The van der Waals surface area contributed by atoms with Crippen molar-refractivity contribution in [2.45, 2.75) is 63.4 Å². The minimum absolute atomic E-state index is 0.111. The molecule has 0 aromatic heterocycles. The number of carbonyl (C=O) groups is 4. The maximum Gasteiger partial charge on any atom is 0.410 e. The van der Waals surface area contributed by atoms with Crippen LogP contribution in [0.3, 0.4) is 0 Å². The van der Waals surface area contributed by atoms with Gasteiger partial charge < -0.3 is 25.8 Å². The molecule has 10 heteroatoms. The Balaban J connectivity index is 1.63. The molecule has 0 radical (unpaired) electrons. The number of benzene rings is 1. The number of nitrogens with one attached hydrogen (secondary N) is 1.